The van der Waals surface area contributed by atoms with E-state index in [1.165, 1.54) is 12.3 Å². The Hall–Kier alpha value is -2.27. The Morgan fingerprint density at radius 3 is 3.05 bits per heavy atom. The molecular formula is C14H13NO4. The van der Waals surface area contributed by atoms with Crippen molar-refractivity contribution >= 4 is 5.97 Å². The van der Waals surface area contributed by atoms with Gasteiger partial charge in [0, 0.05) is 5.56 Å². The smallest absolute Gasteiger partial charge is 0.338 e. The minimum atomic E-state index is -0.982. The molecule has 1 aromatic heterocycles. The highest BCUT2D eigenvalue weighted by atomic mass is 16.5. The Kier molecular flexibility index (Phi) is 2.97. The van der Waals surface area contributed by atoms with Gasteiger partial charge in [0.15, 0.2) is 0 Å². The Labute approximate surface area is 109 Å². The van der Waals surface area contributed by atoms with E-state index in [1.807, 2.05) is 24.3 Å². The van der Waals surface area contributed by atoms with E-state index in [0.29, 0.717) is 18.9 Å². The molecule has 0 saturated carbocycles. The van der Waals surface area contributed by atoms with Crippen LogP contribution < -0.4 is 10.1 Å². The van der Waals surface area contributed by atoms with E-state index in [-0.39, 0.29) is 11.6 Å². The van der Waals surface area contributed by atoms with Crippen molar-refractivity contribution in [3.05, 3.63) is 53.5 Å². The predicted octanol–water partition coefficient (Wildman–Crippen LogP) is 2.20. The SMILES string of the molecule is O=C(O)c1coc(CNC2COc3ccccc32)c1. The van der Waals surface area contributed by atoms with E-state index in [0.717, 1.165) is 11.3 Å². The van der Waals surface area contributed by atoms with E-state index in [4.69, 9.17) is 14.3 Å². The number of hydrogen-bond acceptors (Lipinski definition) is 4. The molecule has 1 aliphatic rings. The van der Waals surface area contributed by atoms with Crippen molar-refractivity contribution < 1.29 is 19.1 Å². The van der Waals surface area contributed by atoms with Crippen molar-refractivity contribution in [1.29, 1.82) is 0 Å². The summed E-state index contributed by atoms with van der Waals surface area (Å²) in [4.78, 5) is 10.7. The number of furan rings is 1. The van der Waals surface area contributed by atoms with Gasteiger partial charge in [-0.05, 0) is 12.1 Å². The molecule has 5 nitrogen and oxygen atoms in total. The molecule has 0 saturated heterocycles. The molecule has 2 heterocycles. The molecule has 3 rings (SSSR count). The Morgan fingerprint density at radius 1 is 1.42 bits per heavy atom. The normalized spacial score (nSPS) is 16.9. The maximum absolute atomic E-state index is 10.7. The fourth-order valence-corrected chi connectivity index (χ4v) is 2.14. The van der Waals surface area contributed by atoms with Crippen molar-refractivity contribution in [2.24, 2.45) is 0 Å². The average molecular weight is 259 g/mol. The first kappa shape index (κ1) is 11.8. The Morgan fingerprint density at radius 2 is 2.26 bits per heavy atom. The number of fused-ring (bicyclic) bond motifs is 1. The van der Waals surface area contributed by atoms with Gasteiger partial charge in [0.25, 0.3) is 0 Å². The molecular weight excluding hydrogens is 246 g/mol. The van der Waals surface area contributed by atoms with Crippen molar-refractivity contribution in [3.8, 4) is 5.75 Å². The Bertz CT molecular complexity index is 605. The number of carboxylic acid groups (broad SMARTS) is 1. The lowest BCUT2D eigenvalue weighted by atomic mass is 10.1. The zero-order chi connectivity index (χ0) is 13.2. The molecule has 19 heavy (non-hydrogen) atoms. The third kappa shape index (κ3) is 2.32. The molecule has 0 fully saturated rings. The molecule has 2 N–H and O–H groups in total. The number of para-hydroxylation sites is 1. The molecule has 1 unspecified atom stereocenters. The predicted molar refractivity (Wildman–Crippen MR) is 67.2 cm³/mol. The summed E-state index contributed by atoms with van der Waals surface area (Å²) in [6.45, 7) is 1.04. The van der Waals surface area contributed by atoms with Crippen LogP contribution in [0.3, 0.4) is 0 Å². The minimum absolute atomic E-state index is 0.106. The zero-order valence-corrected chi connectivity index (χ0v) is 10.1. The maximum Gasteiger partial charge on any atom is 0.338 e. The first-order chi connectivity index (χ1) is 9.24. The minimum Gasteiger partial charge on any atom is -0.491 e. The van der Waals surface area contributed by atoms with Gasteiger partial charge < -0.3 is 14.3 Å². The van der Waals surface area contributed by atoms with Crippen LogP contribution in [0.1, 0.15) is 27.7 Å². The number of nitrogens with one attached hydrogen (secondary N) is 1. The summed E-state index contributed by atoms with van der Waals surface area (Å²) in [5.41, 5.74) is 1.28. The number of aromatic carboxylic acids is 1. The van der Waals surface area contributed by atoms with Crippen molar-refractivity contribution in [3.63, 3.8) is 0 Å². The largest absolute Gasteiger partial charge is 0.491 e. The second kappa shape index (κ2) is 4.78. The first-order valence-corrected chi connectivity index (χ1v) is 6.00. The summed E-state index contributed by atoms with van der Waals surface area (Å²) < 4.78 is 10.7. The molecule has 0 aliphatic carbocycles. The quantitative estimate of drug-likeness (QED) is 0.880. The van der Waals surface area contributed by atoms with Crippen LogP contribution in [0.2, 0.25) is 0 Å². The lowest BCUT2D eigenvalue weighted by molar-refractivity contribution is 0.0696. The van der Waals surface area contributed by atoms with Crippen LogP contribution in [0.4, 0.5) is 0 Å². The highest BCUT2D eigenvalue weighted by molar-refractivity contribution is 5.87. The summed E-state index contributed by atoms with van der Waals surface area (Å²) in [6.07, 6.45) is 1.25. The lowest BCUT2D eigenvalue weighted by Crippen LogP contribution is -2.21. The number of rotatable bonds is 4. The molecule has 1 atom stereocenters. The van der Waals surface area contributed by atoms with Crippen molar-refractivity contribution in [2.45, 2.75) is 12.6 Å². The van der Waals surface area contributed by atoms with Gasteiger partial charge >= 0.3 is 5.97 Å². The molecule has 0 bridgehead atoms. The van der Waals surface area contributed by atoms with Crippen LogP contribution >= 0.6 is 0 Å². The monoisotopic (exact) mass is 259 g/mol. The summed E-state index contributed by atoms with van der Waals surface area (Å²) >= 11 is 0. The molecule has 1 aromatic carbocycles. The average Bonchev–Trinajstić information content (AvgIpc) is 3.03. The highest BCUT2D eigenvalue weighted by Gasteiger charge is 2.23. The van der Waals surface area contributed by atoms with Crippen LogP contribution in [-0.4, -0.2) is 17.7 Å². The van der Waals surface area contributed by atoms with E-state index in [2.05, 4.69) is 5.32 Å². The summed E-state index contributed by atoms with van der Waals surface area (Å²) in [7, 11) is 0. The van der Waals surface area contributed by atoms with E-state index < -0.39 is 5.97 Å². The molecule has 0 spiro atoms. The molecule has 98 valence electrons. The van der Waals surface area contributed by atoms with Gasteiger partial charge in [0.2, 0.25) is 0 Å². The topological polar surface area (TPSA) is 71.7 Å². The molecule has 1 aliphatic heterocycles. The molecule has 2 aromatic rings. The van der Waals surface area contributed by atoms with Crippen molar-refractivity contribution in [2.75, 3.05) is 6.61 Å². The molecule has 0 radical (unpaired) electrons. The third-order valence-corrected chi connectivity index (χ3v) is 3.12. The van der Waals surface area contributed by atoms with Crippen LogP contribution in [-0.2, 0) is 6.54 Å². The number of carboxylic acids is 1. The maximum atomic E-state index is 10.7. The summed E-state index contributed by atoms with van der Waals surface area (Å²) in [5, 5.41) is 12.1. The second-order valence-corrected chi connectivity index (χ2v) is 4.39. The van der Waals surface area contributed by atoms with Gasteiger partial charge in [0.1, 0.15) is 24.4 Å². The van der Waals surface area contributed by atoms with Crippen LogP contribution in [0, 0.1) is 0 Å². The summed E-state index contributed by atoms with van der Waals surface area (Å²) in [6, 6.07) is 9.49. The highest BCUT2D eigenvalue weighted by Crippen LogP contribution is 2.31. The Balaban J connectivity index is 1.65. The van der Waals surface area contributed by atoms with Gasteiger partial charge in [0.05, 0.1) is 18.2 Å². The number of ether oxygens (including phenoxy) is 1. The van der Waals surface area contributed by atoms with E-state index in [1.54, 1.807) is 0 Å². The van der Waals surface area contributed by atoms with Gasteiger partial charge in [-0.25, -0.2) is 4.79 Å². The van der Waals surface area contributed by atoms with Crippen LogP contribution in [0.15, 0.2) is 41.0 Å². The van der Waals surface area contributed by atoms with Gasteiger partial charge in [-0.2, -0.15) is 0 Å². The number of carbonyl (C=O) groups is 1. The molecule has 5 heteroatoms. The van der Waals surface area contributed by atoms with Crippen LogP contribution in [0.5, 0.6) is 5.75 Å². The first-order valence-electron chi connectivity index (χ1n) is 6.00. The molecule has 0 amide bonds. The fourth-order valence-electron chi connectivity index (χ4n) is 2.14. The van der Waals surface area contributed by atoms with Gasteiger partial charge in [-0.1, -0.05) is 18.2 Å². The summed E-state index contributed by atoms with van der Waals surface area (Å²) in [5.74, 6) is 0.511. The van der Waals surface area contributed by atoms with Gasteiger partial charge in [-0.3, -0.25) is 5.32 Å². The second-order valence-electron chi connectivity index (χ2n) is 4.39. The van der Waals surface area contributed by atoms with Crippen LogP contribution in [0.25, 0.3) is 0 Å². The number of hydrogen-bond donors (Lipinski definition) is 2. The van der Waals surface area contributed by atoms with E-state index in [9.17, 15) is 4.79 Å². The zero-order valence-electron chi connectivity index (χ0n) is 10.1. The van der Waals surface area contributed by atoms with E-state index >= 15 is 0 Å². The fraction of sp³-hybridized carbons (Fsp3) is 0.214. The number of benzene rings is 1. The standard InChI is InChI=1S/C14H13NO4/c16-14(17)9-5-10(18-7-9)6-15-12-8-19-13-4-2-1-3-11(12)13/h1-5,7,12,15H,6,8H2,(H,16,17). The lowest BCUT2D eigenvalue weighted by Gasteiger charge is -2.09. The van der Waals surface area contributed by atoms with Gasteiger partial charge in [-0.15, -0.1) is 0 Å². The third-order valence-electron chi connectivity index (χ3n) is 3.12. The van der Waals surface area contributed by atoms with Crippen molar-refractivity contribution in [1.82, 2.24) is 5.32 Å².